The third-order valence-electron chi connectivity index (χ3n) is 3.11. The lowest BCUT2D eigenvalue weighted by molar-refractivity contribution is 0.112. The summed E-state index contributed by atoms with van der Waals surface area (Å²) in [4.78, 5) is 12.6. The van der Waals surface area contributed by atoms with Crippen molar-refractivity contribution in [3.05, 3.63) is 29.6 Å². The second-order valence-electron chi connectivity index (χ2n) is 4.51. The lowest BCUT2D eigenvalue weighted by atomic mass is 10.2. The van der Waals surface area contributed by atoms with E-state index >= 15 is 0 Å². The molecule has 7 heteroatoms. The van der Waals surface area contributed by atoms with Gasteiger partial charge in [-0.1, -0.05) is 0 Å². The van der Waals surface area contributed by atoms with Crippen molar-refractivity contribution >= 4 is 22.0 Å². The number of rotatable bonds is 3. The van der Waals surface area contributed by atoms with E-state index in [0.717, 1.165) is 0 Å². The molecule has 1 saturated heterocycles. The normalized spacial score (nSPS) is 17.5. The van der Waals surface area contributed by atoms with Crippen LogP contribution in [0.5, 0.6) is 0 Å². The Labute approximate surface area is 111 Å². The van der Waals surface area contributed by atoms with Gasteiger partial charge in [-0.3, -0.25) is 4.79 Å². The fraction of sp³-hybridized carbons (Fsp3) is 0.417. The molecule has 104 valence electrons. The van der Waals surface area contributed by atoms with Crippen molar-refractivity contribution in [3.8, 4) is 0 Å². The van der Waals surface area contributed by atoms with E-state index in [4.69, 9.17) is 0 Å². The van der Waals surface area contributed by atoms with Crippen LogP contribution in [0.25, 0.3) is 0 Å². The van der Waals surface area contributed by atoms with Gasteiger partial charge in [0.2, 0.25) is 10.0 Å². The molecule has 1 heterocycles. The van der Waals surface area contributed by atoms with Crippen molar-refractivity contribution in [1.82, 2.24) is 4.31 Å². The number of benzene rings is 1. The monoisotopic (exact) mass is 286 g/mol. The van der Waals surface area contributed by atoms with Crippen molar-refractivity contribution in [2.24, 2.45) is 0 Å². The number of carbonyl (C=O) groups excluding carboxylic acids is 1. The molecular formula is C12H15FN2O3S. The minimum atomic E-state index is -3.18. The van der Waals surface area contributed by atoms with Gasteiger partial charge >= 0.3 is 0 Å². The van der Waals surface area contributed by atoms with E-state index in [-0.39, 0.29) is 5.56 Å². The summed E-state index contributed by atoms with van der Waals surface area (Å²) in [7, 11) is -3.18. The molecular weight excluding hydrogens is 271 g/mol. The highest BCUT2D eigenvalue weighted by atomic mass is 32.2. The average Bonchev–Trinajstić information content (AvgIpc) is 2.37. The largest absolute Gasteiger partial charge is 0.369 e. The average molecular weight is 286 g/mol. The molecule has 0 bridgehead atoms. The van der Waals surface area contributed by atoms with E-state index in [1.807, 2.05) is 4.90 Å². The van der Waals surface area contributed by atoms with Crippen LogP contribution in [0.2, 0.25) is 0 Å². The standard InChI is InChI=1S/C12H15FN2O3S/c1-19(17,18)15-4-2-14(3-5-15)12-7-10(9-16)6-11(13)8-12/h6-9H,2-5H2,1H3. The summed E-state index contributed by atoms with van der Waals surface area (Å²) in [5, 5.41) is 0. The number of sulfonamides is 1. The summed E-state index contributed by atoms with van der Waals surface area (Å²) in [6.45, 7) is 1.70. The van der Waals surface area contributed by atoms with Crippen LogP contribution in [0.1, 0.15) is 10.4 Å². The van der Waals surface area contributed by atoms with Crippen molar-refractivity contribution in [2.45, 2.75) is 0 Å². The molecule has 1 aromatic carbocycles. The zero-order chi connectivity index (χ0) is 14.0. The first-order chi connectivity index (χ1) is 8.90. The predicted molar refractivity (Wildman–Crippen MR) is 70.4 cm³/mol. The number of aldehydes is 1. The zero-order valence-corrected chi connectivity index (χ0v) is 11.4. The fourth-order valence-electron chi connectivity index (χ4n) is 2.12. The Bertz CT molecular complexity index is 581. The number of piperazine rings is 1. The van der Waals surface area contributed by atoms with Crippen LogP contribution in [0.15, 0.2) is 18.2 Å². The van der Waals surface area contributed by atoms with E-state index in [1.165, 1.54) is 22.7 Å². The Morgan fingerprint density at radius 2 is 1.79 bits per heavy atom. The molecule has 2 rings (SSSR count). The summed E-state index contributed by atoms with van der Waals surface area (Å²) in [6, 6.07) is 4.12. The van der Waals surface area contributed by atoms with E-state index in [9.17, 15) is 17.6 Å². The van der Waals surface area contributed by atoms with Gasteiger partial charge in [-0.05, 0) is 18.2 Å². The van der Waals surface area contributed by atoms with Crippen LogP contribution in [-0.2, 0) is 10.0 Å². The first kappa shape index (κ1) is 14.0. The van der Waals surface area contributed by atoms with Crippen molar-refractivity contribution in [3.63, 3.8) is 0 Å². The topological polar surface area (TPSA) is 57.7 Å². The Morgan fingerprint density at radius 3 is 2.32 bits per heavy atom. The maximum atomic E-state index is 13.3. The molecule has 1 aromatic rings. The van der Waals surface area contributed by atoms with Gasteiger partial charge in [-0.15, -0.1) is 0 Å². The number of carbonyl (C=O) groups is 1. The lowest BCUT2D eigenvalue weighted by Gasteiger charge is -2.34. The molecule has 0 unspecified atom stereocenters. The molecule has 0 saturated carbocycles. The molecule has 1 aliphatic rings. The SMILES string of the molecule is CS(=O)(=O)N1CCN(c2cc(F)cc(C=O)c2)CC1. The summed E-state index contributed by atoms with van der Waals surface area (Å²) in [6.07, 6.45) is 1.77. The molecule has 0 N–H and O–H groups in total. The number of halogens is 1. The number of anilines is 1. The molecule has 5 nitrogen and oxygen atoms in total. The molecule has 1 fully saturated rings. The Hall–Kier alpha value is -1.47. The maximum absolute atomic E-state index is 13.3. The lowest BCUT2D eigenvalue weighted by Crippen LogP contribution is -2.48. The summed E-state index contributed by atoms with van der Waals surface area (Å²) >= 11 is 0. The molecule has 0 aliphatic carbocycles. The third-order valence-corrected chi connectivity index (χ3v) is 4.42. The van der Waals surface area contributed by atoms with E-state index in [2.05, 4.69) is 0 Å². The first-order valence-electron chi connectivity index (χ1n) is 5.86. The molecule has 19 heavy (non-hydrogen) atoms. The van der Waals surface area contributed by atoms with Crippen LogP contribution < -0.4 is 4.90 Å². The van der Waals surface area contributed by atoms with Crippen molar-refractivity contribution in [1.29, 1.82) is 0 Å². The summed E-state index contributed by atoms with van der Waals surface area (Å²) in [5.41, 5.74) is 0.885. The Morgan fingerprint density at radius 1 is 1.16 bits per heavy atom. The van der Waals surface area contributed by atoms with Crippen LogP contribution in [0.3, 0.4) is 0 Å². The Balaban J connectivity index is 2.13. The predicted octanol–water partition coefficient (Wildman–Crippen LogP) is 0.720. The summed E-state index contributed by atoms with van der Waals surface area (Å²) < 4.78 is 37.5. The van der Waals surface area contributed by atoms with E-state index in [0.29, 0.717) is 38.2 Å². The molecule has 0 aromatic heterocycles. The minimum absolute atomic E-state index is 0.278. The molecule has 0 spiro atoms. The smallest absolute Gasteiger partial charge is 0.211 e. The second-order valence-corrected chi connectivity index (χ2v) is 6.49. The fourth-order valence-corrected chi connectivity index (χ4v) is 2.95. The second kappa shape index (κ2) is 5.26. The van der Waals surface area contributed by atoms with E-state index < -0.39 is 15.8 Å². The quantitative estimate of drug-likeness (QED) is 0.768. The highest BCUT2D eigenvalue weighted by Gasteiger charge is 2.23. The van der Waals surface area contributed by atoms with Crippen LogP contribution in [0, 0.1) is 5.82 Å². The number of hydrogen-bond donors (Lipinski definition) is 0. The molecule has 0 radical (unpaired) electrons. The Kier molecular flexibility index (Phi) is 3.86. The number of nitrogens with zero attached hydrogens (tertiary/aromatic N) is 2. The van der Waals surface area contributed by atoms with Crippen molar-refractivity contribution < 1.29 is 17.6 Å². The molecule has 1 aliphatic heterocycles. The molecule has 0 amide bonds. The first-order valence-corrected chi connectivity index (χ1v) is 7.71. The highest BCUT2D eigenvalue weighted by molar-refractivity contribution is 7.88. The van der Waals surface area contributed by atoms with Gasteiger partial charge in [0.25, 0.3) is 0 Å². The number of hydrogen-bond acceptors (Lipinski definition) is 4. The van der Waals surface area contributed by atoms with Crippen LogP contribution >= 0.6 is 0 Å². The van der Waals surface area contributed by atoms with Gasteiger partial charge in [-0.25, -0.2) is 12.8 Å². The van der Waals surface area contributed by atoms with E-state index in [1.54, 1.807) is 6.07 Å². The van der Waals surface area contributed by atoms with Gasteiger partial charge in [0.1, 0.15) is 12.1 Å². The van der Waals surface area contributed by atoms with Gasteiger partial charge in [-0.2, -0.15) is 4.31 Å². The van der Waals surface area contributed by atoms with Crippen LogP contribution in [0.4, 0.5) is 10.1 Å². The highest BCUT2D eigenvalue weighted by Crippen LogP contribution is 2.20. The van der Waals surface area contributed by atoms with Gasteiger partial charge in [0, 0.05) is 37.4 Å². The van der Waals surface area contributed by atoms with Crippen molar-refractivity contribution in [2.75, 3.05) is 37.3 Å². The molecule has 0 atom stereocenters. The zero-order valence-electron chi connectivity index (χ0n) is 10.5. The maximum Gasteiger partial charge on any atom is 0.211 e. The summed E-state index contributed by atoms with van der Waals surface area (Å²) in [5.74, 6) is -0.467. The minimum Gasteiger partial charge on any atom is -0.369 e. The van der Waals surface area contributed by atoms with Gasteiger partial charge in [0.15, 0.2) is 0 Å². The van der Waals surface area contributed by atoms with Crippen LogP contribution in [-0.4, -0.2) is 51.4 Å². The van der Waals surface area contributed by atoms with Gasteiger partial charge in [0.05, 0.1) is 6.26 Å². The third kappa shape index (κ3) is 3.30. The van der Waals surface area contributed by atoms with Gasteiger partial charge < -0.3 is 4.90 Å².